The number of rotatable bonds is 6. The maximum Gasteiger partial charge on any atom is 0.159 e. The molecule has 0 N–H and O–H groups in total. The van der Waals surface area contributed by atoms with Crippen molar-refractivity contribution in [3.63, 3.8) is 0 Å². The van der Waals surface area contributed by atoms with Crippen molar-refractivity contribution >= 4 is 71.7 Å². The summed E-state index contributed by atoms with van der Waals surface area (Å²) in [6.07, 6.45) is 0. The number of fused-ring (bicyclic) bond motifs is 7. The fraction of sp³-hybridized carbons (Fsp3) is 0. The number of anilines is 3. The molecule has 2 heterocycles. The molecule has 11 rings (SSSR count). The average Bonchev–Trinajstić information content (AvgIpc) is 3.84. The molecule has 258 valence electrons. The Kier molecular flexibility index (Phi) is 7.17. The van der Waals surface area contributed by atoms with E-state index in [1.165, 1.54) is 16.3 Å². The smallest absolute Gasteiger partial charge is 0.159 e. The third-order valence-electron chi connectivity index (χ3n) is 10.9. The van der Waals surface area contributed by atoms with Crippen molar-refractivity contribution in [2.24, 2.45) is 0 Å². The van der Waals surface area contributed by atoms with Crippen molar-refractivity contribution in [3.05, 3.63) is 200 Å². The Bertz CT molecular complexity index is 3190. The summed E-state index contributed by atoms with van der Waals surface area (Å²) < 4.78 is 13.4. The zero-order valence-corrected chi connectivity index (χ0v) is 29.8. The predicted molar refractivity (Wildman–Crippen MR) is 229 cm³/mol. The van der Waals surface area contributed by atoms with Crippen LogP contribution >= 0.6 is 0 Å². The minimum Gasteiger partial charge on any atom is -0.455 e. The first-order valence-corrected chi connectivity index (χ1v) is 18.7. The Labute approximate surface area is 317 Å². The van der Waals surface area contributed by atoms with Gasteiger partial charge in [-0.3, -0.25) is 0 Å². The Balaban J connectivity index is 1.07. The van der Waals surface area contributed by atoms with E-state index in [-0.39, 0.29) is 0 Å². The van der Waals surface area contributed by atoms with Crippen LogP contribution in [0.3, 0.4) is 0 Å². The van der Waals surface area contributed by atoms with Gasteiger partial charge in [0, 0.05) is 44.0 Å². The second kappa shape index (κ2) is 12.6. The molecular formula is C52H33NO2. The Morgan fingerprint density at radius 2 is 0.836 bits per heavy atom. The molecule has 9 aromatic carbocycles. The molecule has 0 aliphatic heterocycles. The van der Waals surface area contributed by atoms with Gasteiger partial charge in [0.05, 0.1) is 5.69 Å². The summed E-state index contributed by atoms with van der Waals surface area (Å²) in [5.41, 5.74) is 13.3. The van der Waals surface area contributed by atoms with Gasteiger partial charge in [-0.25, -0.2) is 0 Å². The molecule has 55 heavy (non-hydrogen) atoms. The van der Waals surface area contributed by atoms with Crippen molar-refractivity contribution in [1.29, 1.82) is 0 Å². The normalized spacial score (nSPS) is 11.6. The molecule has 0 unspecified atom stereocenters. The van der Waals surface area contributed by atoms with Gasteiger partial charge in [-0.15, -0.1) is 0 Å². The second-order valence-corrected chi connectivity index (χ2v) is 14.1. The topological polar surface area (TPSA) is 29.5 Å². The van der Waals surface area contributed by atoms with E-state index in [9.17, 15) is 0 Å². The zero-order valence-electron chi connectivity index (χ0n) is 29.8. The molecule has 3 heteroatoms. The Morgan fingerprint density at radius 3 is 1.58 bits per heavy atom. The predicted octanol–water partition coefficient (Wildman–Crippen LogP) is 15.1. The Morgan fingerprint density at radius 1 is 0.309 bits per heavy atom. The zero-order chi connectivity index (χ0) is 36.3. The molecule has 0 amide bonds. The van der Waals surface area contributed by atoms with E-state index in [0.717, 1.165) is 88.8 Å². The Hall–Kier alpha value is -7.36. The highest BCUT2D eigenvalue weighted by Gasteiger charge is 2.21. The van der Waals surface area contributed by atoms with Gasteiger partial charge in [-0.1, -0.05) is 158 Å². The van der Waals surface area contributed by atoms with Crippen LogP contribution in [0.25, 0.3) is 88.0 Å². The van der Waals surface area contributed by atoms with Crippen molar-refractivity contribution < 1.29 is 8.83 Å². The maximum absolute atomic E-state index is 6.94. The minimum absolute atomic E-state index is 0.843. The average molecular weight is 704 g/mol. The summed E-state index contributed by atoms with van der Waals surface area (Å²) in [7, 11) is 0. The van der Waals surface area contributed by atoms with E-state index in [1.54, 1.807) is 0 Å². The van der Waals surface area contributed by atoms with Gasteiger partial charge in [-0.2, -0.15) is 0 Å². The molecule has 0 bridgehead atoms. The monoisotopic (exact) mass is 703 g/mol. The van der Waals surface area contributed by atoms with Crippen LogP contribution in [0.4, 0.5) is 17.1 Å². The van der Waals surface area contributed by atoms with Crippen LogP contribution in [0.1, 0.15) is 0 Å². The number of nitrogens with zero attached hydrogens (tertiary/aromatic N) is 1. The van der Waals surface area contributed by atoms with E-state index in [1.807, 2.05) is 18.2 Å². The van der Waals surface area contributed by atoms with Crippen LogP contribution in [0, 0.1) is 0 Å². The molecule has 0 saturated heterocycles. The molecule has 0 fully saturated rings. The largest absolute Gasteiger partial charge is 0.455 e. The van der Waals surface area contributed by atoms with Crippen LogP contribution in [-0.4, -0.2) is 0 Å². The number of hydrogen-bond acceptors (Lipinski definition) is 3. The highest BCUT2D eigenvalue weighted by atomic mass is 16.3. The van der Waals surface area contributed by atoms with Crippen molar-refractivity contribution in [2.75, 3.05) is 4.90 Å². The van der Waals surface area contributed by atoms with Gasteiger partial charge < -0.3 is 13.7 Å². The molecule has 0 radical (unpaired) electrons. The van der Waals surface area contributed by atoms with E-state index in [0.29, 0.717) is 0 Å². The summed E-state index contributed by atoms with van der Waals surface area (Å²) in [5.74, 6) is 0. The standard InChI is InChI=1S/C52H33NO2/c1-2-12-36(13-3-1)42-16-9-19-46-47-20-10-21-48(52(47)55-51(42)46)53(40-29-25-35(26-30-40)39-24-23-34-11-4-5-14-38(34)33-39)41-31-27-37(28-32-41)43-17-8-18-45-44-15-6-7-22-49(44)54-50(43)45/h1-33H. The van der Waals surface area contributed by atoms with Crippen LogP contribution in [0.2, 0.25) is 0 Å². The van der Waals surface area contributed by atoms with Gasteiger partial charge in [0.25, 0.3) is 0 Å². The molecule has 3 nitrogen and oxygen atoms in total. The molecule has 0 saturated carbocycles. The fourth-order valence-electron chi connectivity index (χ4n) is 8.19. The van der Waals surface area contributed by atoms with Crippen molar-refractivity contribution in [3.8, 4) is 33.4 Å². The summed E-state index contributed by atoms with van der Waals surface area (Å²) in [5, 5.41) is 6.90. The lowest BCUT2D eigenvalue weighted by molar-refractivity contribution is 0.670. The summed E-state index contributed by atoms with van der Waals surface area (Å²) in [6.45, 7) is 0. The fourth-order valence-corrected chi connectivity index (χ4v) is 8.19. The van der Waals surface area contributed by atoms with Crippen LogP contribution in [-0.2, 0) is 0 Å². The number of benzene rings is 9. The first-order valence-electron chi connectivity index (χ1n) is 18.7. The second-order valence-electron chi connectivity index (χ2n) is 14.1. The number of hydrogen-bond donors (Lipinski definition) is 0. The van der Waals surface area contributed by atoms with Crippen LogP contribution in [0.5, 0.6) is 0 Å². The van der Waals surface area contributed by atoms with Crippen molar-refractivity contribution in [2.45, 2.75) is 0 Å². The van der Waals surface area contributed by atoms with E-state index in [2.05, 4.69) is 187 Å². The minimum atomic E-state index is 0.843. The van der Waals surface area contributed by atoms with Gasteiger partial charge in [-0.05, 0) is 75.5 Å². The van der Waals surface area contributed by atoms with Gasteiger partial charge in [0.2, 0.25) is 0 Å². The van der Waals surface area contributed by atoms with Crippen LogP contribution in [0.15, 0.2) is 209 Å². The quantitative estimate of drug-likeness (QED) is 0.173. The van der Waals surface area contributed by atoms with E-state index in [4.69, 9.17) is 8.83 Å². The lowest BCUT2D eigenvalue weighted by Gasteiger charge is -2.26. The van der Waals surface area contributed by atoms with Crippen molar-refractivity contribution in [1.82, 2.24) is 0 Å². The molecule has 0 aliphatic carbocycles. The molecule has 0 spiro atoms. The highest BCUT2D eigenvalue weighted by molar-refractivity contribution is 6.14. The van der Waals surface area contributed by atoms with E-state index < -0.39 is 0 Å². The third-order valence-corrected chi connectivity index (χ3v) is 10.9. The van der Waals surface area contributed by atoms with Gasteiger partial charge in [0.1, 0.15) is 16.7 Å². The van der Waals surface area contributed by atoms with E-state index >= 15 is 0 Å². The van der Waals surface area contributed by atoms with Gasteiger partial charge >= 0.3 is 0 Å². The lowest BCUT2D eigenvalue weighted by atomic mass is 10.00. The third kappa shape index (κ3) is 5.20. The maximum atomic E-state index is 6.94. The molecule has 11 aromatic rings. The first kappa shape index (κ1) is 31.2. The summed E-state index contributed by atoms with van der Waals surface area (Å²) in [6, 6.07) is 70.8. The number of para-hydroxylation sites is 4. The first-order chi connectivity index (χ1) is 27.3. The summed E-state index contributed by atoms with van der Waals surface area (Å²) in [4.78, 5) is 2.31. The molecule has 2 aromatic heterocycles. The number of furan rings is 2. The highest BCUT2D eigenvalue weighted by Crippen LogP contribution is 2.45. The molecule has 0 atom stereocenters. The summed E-state index contributed by atoms with van der Waals surface area (Å²) >= 11 is 0. The lowest BCUT2D eigenvalue weighted by Crippen LogP contribution is -2.10. The van der Waals surface area contributed by atoms with Gasteiger partial charge in [0.15, 0.2) is 5.58 Å². The molecule has 0 aliphatic rings. The molecular weight excluding hydrogens is 671 g/mol. The van der Waals surface area contributed by atoms with Crippen LogP contribution < -0.4 is 4.90 Å². The SMILES string of the molecule is c1ccc(-c2cccc3c2oc2c(N(c4ccc(-c5ccc6ccccc6c5)cc4)c4ccc(-c5cccc6c5oc5ccccc56)cc4)cccc23)cc1.